The van der Waals surface area contributed by atoms with Gasteiger partial charge in [0.15, 0.2) is 12.2 Å². The van der Waals surface area contributed by atoms with Gasteiger partial charge in [-0.2, -0.15) is 0 Å². The fourth-order valence-corrected chi connectivity index (χ4v) is 13.0. The minimum Gasteiger partial charge on any atom is -0.462 e. The molecule has 13 heteroatoms. The zero-order chi connectivity index (χ0) is 66.3. The minimum absolute atomic E-state index is 0.166. The number of phosphoric acid groups is 1. The SMILES string of the molecule is CCCCCCCCCCCCCCCCCC(=O)OCC(COP(=O)(O)OCC(COC(=O)CCCCCCCCCCCCCCCCC)OC(=O)CCCCCCCCCCCCCCCCC)OC(=O)CCCCCCCCCCCCCCCCC. The number of hydrogen-bond donors (Lipinski definition) is 1. The lowest BCUT2D eigenvalue weighted by Gasteiger charge is -2.22. The van der Waals surface area contributed by atoms with Crippen LogP contribution in [-0.2, 0) is 51.7 Å². The monoisotopic (exact) mass is 1310 g/mol. The largest absolute Gasteiger partial charge is 0.472 e. The molecular formula is C78H151O12P. The molecule has 91 heavy (non-hydrogen) atoms. The summed E-state index contributed by atoms with van der Waals surface area (Å²) in [5.41, 5.74) is 0. The van der Waals surface area contributed by atoms with E-state index in [-0.39, 0.29) is 38.9 Å². The van der Waals surface area contributed by atoms with Crippen LogP contribution in [0.4, 0.5) is 0 Å². The van der Waals surface area contributed by atoms with Crippen LogP contribution in [0.15, 0.2) is 0 Å². The Bertz CT molecular complexity index is 1480. The highest BCUT2D eigenvalue weighted by atomic mass is 31.2. The Kier molecular flexibility index (Phi) is 70.7. The van der Waals surface area contributed by atoms with E-state index in [2.05, 4.69) is 27.7 Å². The van der Waals surface area contributed by atoms with Crippen LogP contribution in [0.25, 0.3) is 0 Å². The molecule has 0 heterocycles. The van der Waals surface area contributed by atoms with Crippen molar-refractivity contribution in [3.8, 4) is 0 Å². The first-order chi connectivity index (χ1) is 44.6. The molecule has 0 spiro atoms. The molecule has 0 saturated heterocycles. The van der Waals surface area contributed by atoms with Gasteiger partial charge in [0.1, 0.15) is 13.2 Å². The van der Waals surface area contributed by atoms with E-state index < -0.39 is 57.1 Å². The van der Waals surface area contributed by atoms with Crippen LogP contribution < -0.4 is 0 Å². The third kappa shape index (κ3) is 70.6. The van der Waals surface area contributed by atoms with Gasteiger partial charge in [-0.15, -0.1) is 0 Å². The van der Waals surface area contributed by atoms with Gasteiger partial charge in [0.2, 0.25) is 0 Å². The maximum atomic E-state index is 13.5. The van der Waals surface area contributed by atoms with Gasteiger partial charge in [0.05, 0.1) is 13.2 Å². The van der Waals surface area contributed by atoms with E-state index in [1.165, 1.54) is 283 Å². The van der Waals surface area contributed by atoms with Crippen molar-refractivity contribution in [3.05, 3.63) is 0 Å². The average molecular weight is 1310 g/mol. The molecular weight excluding hydrogens is 1160 g/mol. The molecule has 0 rings (SSSR count). The van der Waals surface area contributed by atoms with Gasteiger partial charge in [-0.25, -0.2) is 4.57 Å². The van der Waals surface area contributed by atoms with Crippen molar-refractivity contribution >= 4 is 31.7 Å². The maximum absolute atomic E-state index is 13.5. The zero-order valence-corrected chi connectivity index (χ0v) is 61.5. The Morgan fingerprint density at radius 2 is 0.396 bits per heavy atom. The standard InChI is InChI=1S/C78H151O12P/c1-5-9-13-17-21-25-29-33-37-41-45-49-53-57-61-65-75(79)85-69-73(89-77(81)67-63-59-55-51-47-43-39-35-31-27-23-19-15-11-7-3)71-87-91(83,84)88-72-74(90-78(82)68-64-60-56-52-48-44-40-36-32-28-24-20-16-12-8-4)70-86-76(80)66-62-58-54-50-46-42-38-34-30-26-22-18-14-10-6-2/h73-74H,5-72H2,1-4H3,(H,83,84). The van der Waals surface area contributed by atoms with Crippen molar-refractivity contribution in [1.29, 1.82) is 0 Å². The molecule has 0 fully saturated rings. The first-order valence-corrected chi connectivity index (χ1v) is 41.4. The van der Waals surface area contributed by atoms with E-state index in [0.717, 1.165) is 77.0 Å². The van der Waals surface area contributed by atoms with Crippen molar-refractivity contribution in [3.63, 3.8) is 0 Å². The maximum Gasteiger partial charge on any atom is 0.472 e. The molecule has 12 nitrogen and oxygen atoms in total. The molecule has 0 aromatic rings. The molecule has 0 aliphatic carbocycles. The molecule has 2 unspecified atom stereocenters. The normalized spacial score (nSPS) is 12.9. The topological polar surface area (TPSA) is 161 Å². The summed E-state index contributed by atoms with van der Waals surface area (Å²) in [4.78, 5) is 63.2. The van der Waals surface area contributed by atoms with Gasteiger partial charge in [-0.3, -0.25) is 28.2 Å². The number of rotatable bonds is 76. The smallest absolute Gasteiger partial charge is 0.462 e. The van der Waals surface area contributed by atoms with E-state index in [0.29, 0.717) is 25.7 Å². The van der Waals surface area contributed by atoms with E-state index in [1.807, 2.05) is 0 Å². The Labute approximate surface area is 563 Å². The van der Waals surface area contributed by atoms with Crippen LogP contribution in [0.5, 0.6) is 0 Å². The second-order valence-corrected chi connectivity index (χ2v) is 28.9. The quantitative estimate of drug-likeness (QED) is 0.0266. The van der Waals surface area contributed by atoms with E-state index in [4.69, 9.17) is 28.0 Å². The lowest BCUT2D eigenvalue weighted by Crippen LogP contribution is -2.31. The third-order valence-corrected chi connectivity index (χ3v) is 19.2. The molecule has 0 aromatic heterocycles. The highest BCUT2D eigenvalue weighted by Crippen LogP contribution is 2.43. The molecule has 0 amide bonds. The summed E-state index contributed by atoms with van der Waals surface area (Å²) in [5.74, 6) is -1.85. The number of unbranched alkanes of at least 4 members (excludes halogenated alkanes) is 56. The summed E-state index contributed by atoms with van der Waals surface area (Å²) in [6.07, 6.45) is 71.5. The Balaban J connectivity index is 5.31. The van der Waals surface area contributed by atoms with Crippen molar-refractivity contribution in [2.24, 2.45) is 0 Å². The molecule has 0 radical (unpaired) electrons. The van der Waals surface area contributed by atoms with Crippen molar-refractivity contribution in [2.45, 2.75) is 451 Å². The second-order valence-electron chi connectivity index (χ2n) is 27.4. The fourth-order valence-electron chi connectivity index (χ4n) is 12.2. The van der Waals surface area contributed by atoms with Crippen LogP contribution in [0.3, 0.4) is 0 Å². The van der Waals surface area contributed by atoms with E-state index in [1.54, 1.807) is 0 Å². The van der Waals surface area contributed by atoms with Gasteiger partial charge < -0.3 is 23.8 Å². The molecule has 0 aromatic carbocycles. The zero-order valence-electron chi connectivity index (χ0n) is 60.6. The molecule has 0 aliphatic heterocycles. The summed E-state index contributed by atoms with van der Waals surface area (Å²) in [6, 6.07) is 0. The molecule has 2 atom stereocenters. The third-order valence-electron chi connectivity index (χ3n) is 18.2. The number of hydrogen-bond acceptors (Lipinski definition) is 11. The Hall–Kier alpha value is -2.01. The fraction of sp³-hybridized carbons (Fsp3) is 0.949. The molecule has 0 aliphatic rings. The lowest BCUT2D eigenvalue weighted by atomic mass is 10.0. The van der Waals surface area contributed by atoms with Crippen LogP contribution in [0.1, 0.15) is 439 Å². The van der Waals surface area contributed by atoms with Crippen molar-refractivity contribution in [2.75, 3.05) is 26.4 Å². The number of ether oxygens (including phenoxy) is 4. The summed E-state index contributed by atoms with van der Waals surface area (Å²) in [6.45, 7) is 7.23. The van der Waals surface area contributed by atoms with Crippen LogP contribution in [0.2, 0.25) is 0 Å². The number of esters is 4. The predicted octanol–water partition coefficient (Wildman–Crippen LogP) is 25.1. The summed E-state index contributed by atoms with van der Waals surface area (Å²) >= 11 is 0. The van der Waals surface area contributed by atoms with Gasteiger partial charge in [-0.1, -0.05) is 387 Å². The van der Waals surface area contributed by atoms with Crippen molar-refractivity contribution in [1.82, 2.24) is 0 Å². The predicted molar refractivity (Wildman–Crippen MR) is 382 cm³/mol. The van der Waals surface area contributed by atoms with Crippen LogP contribution >= 0.6 is 7.82 Å². The lowest BCUT2D eigenvalue weighted by molar-refractivity contribution is -0.162. The number of carbonyl (C=O) groups is 4. The van der Waals surface area contributed by atoms with E-state index in [9.17, 15) is 28.6 Å². The summed E-state index contributed by atoms with van der Waals surface area (Å²) < 4.78 is 46.9. The number of phosphoric ester groups is 1. The molecule has 0 saturated carbocycles. The van der Waals surface area contributed by atoms with Gasteiger partial charge in [0.25, 0.3) is 0 Å². The Morgan fingerprint density at radius 3 is 0.571 bits per heavy atom. The van der Waals surface area contributed by atoms with Crippen LogP contribution in [0, 0.1) is 0 Å². The first-order valence-electron chi connectivity index (χ1n) is 39.9. The van der Waals surface area contributed by atoms with Gasteiger partial charge >= 0.3 is 31.7 Å². The van der Waals surface area contributed by atoms with Gasteiger partial charge in [-0.05, 0) is 25.7 Å². The molecule has 0 bridgehead atoms. The van der Waals surface area contributed by atoms with Gasteiger partial charge in [0, 0.05) is 25.7 Å². The Morgan fingerprint density at radius 1 is 0.242 bits per heavy atom. The highest BCUT2D eigenvalue weighted by molar-refractivity contribution is 7.47. The summed E-state index contributed by atoms with van der Waals surface area (Å²) in [7, 11) is -4.85. The molecule has 540 valence electrons. The summed E-state index contributed by atoms with van der Waals surface area (Å²) in [5, 5.41) is 0. The average Bonchev–Trinajstić information content (AvgIpc) is 2.71. The first kappa shape index (κ1) is 89.0. The van der Waals surface area contributed by atoms with Crippen LogP contribution in [-0.4, -0.2) is 67.4 Å². The van der Waals surface area contributed by atoms with Crippen molar-refractivity contribution < 1.29 is 56.6 Å². The number of carbonyl (C=O) groups excluding carboxylic acids is 4. The van der Waals surface area contributed by atoms with E-state index >= 15 is 0 Å². The highest BCUT2D eigenvalue weighted by Gasteiger charge is 2.29. The second kappa shape index (κ2) is 72.3. The molecule has 1 N–H and O–H groups in total. The minimum atomic E-state index is -4.85.